The van der Waals surface area contributed by atoms with Crippen LogP contribution in [0.1, 0.15) is 18.5 Å². The van der Waals surface area contributed by atoms with E-state index in [0.717, 1.165) is 35.7 Å². The number of nitrogens with zero attached hydrogens (tertiary/aromatic N) is 2. The maximum Gasteiger partial charge on any atom is 0.128 e. The second-order valence-corrected chi connectivity index (χ2v) is 5.48. The monoisotopic (exact) mass is 298 g/mol. The predicted molar refractivity (Wildman–Crippen MR) is 73.5 cm³/mol. The Kier molecular flexibility index (Phi) is 4.40. The van der Waals surface area contributed by atoms with Gasteiger partial charge in [-0.3, -0.25) is 0 Å². The van der Waals surface area contributed by atoms with Gasteiger partial charge in [0.2, 0.25) is 0 Å². The number of halogens is 1. The molecular weight excluding hydrogens is 280 g/mol. The van der Waals surface area contributed by atoms with Gasteiger partial charge in [-0.1, -0.05) is 0 Å². The van der Waals surface area contributed by atoms with Crippen molar-refractivity contribution >= 4 is 21.7 Å². The molecule has 0 N–H and O–H groups in total. The number of ether oxygens (including phenoxy) is 1. The van der Waals surface area contributed by atoms with Crippen molar-refractivity contribution in [3.63, 3.8) is 0 Å². The van der Waals surface area contributed by atoms with Crippen molar-refractivity contribution in [1.82, 2.24) is 4.98 Å². The Morgan fingerprint density at radius 3 is 2.71 bits per heavy atom. The summed E-state index contributed by atoms with van der Waals surface area (Å²) in [6.07, 6.45) is 2.40. The fourth-order valence-corrected chi connectivity index (χ4v) is 2.49. The Balaban J connectivity index is 1.98. The summed E-state index contributed by atoms with van der Waals surface area (Å²) < 4.78 is 6.30. The van der Waals surface area contributed by atoms with E-state index in [1.54, 1.807) is 7.11 Å². The first-order valence-corrected chi connectivity index (χ1v) is 6.87. The molecule has 0 radical (unpaired) electrons. The molecule has 0 aliphatic carbocycles. The molecule has 0 unspecified atom stereocenters. The highest BCUT2D eigenvalue weighted by atomic mass is 79.9. The summed E-state index contributed by atoms with van der Waals surface area (Å²) in [7, 11) is 1.78. The molecule has 3 nitrogen and oxygen atoms in total. The number of rotatable bonds is 3. The first kappa shape index (κ1) is 12.8. The highest BCUT2D eigenvalue weighted by molar-refractivity contribution is 9.10. The van der Waals surface area contributed by atoms with Crippen molar-refractivity contribution in [1.29, 1.82) is 0 Å². The largest absolute Gasteiger partial charge is 0.384 e. The van der Waals surface area contributed by atoms with Crippen molar-refractivity contribution in [2.45, 2.75) is 19.8 Å². The van der Waals surface area contributed by atoms with E-state index in [9.17, 15) is 0 Å². The van der Waals surface area contributed by atoms with E-state index in [1.165, 1.54) is 12.8 Å². The molecule has 1 fully saturated rings. The second-order valence-electron chi connectivity index (χ2n) is 4.62. The van der Waals surface area contributed by atoms with Gasteiger partial charge in [0.15, 0.2) is 0 Å². The third kappa shape index (κ3) is 3.19. The van der Waals surface area contributed by atoms with Gasteiger partial charge in [-0.2, -0.15) is 0 Å². The summed E-state index contributed by atoms with van der Waals surface area (Å²) in [5.74, 6) is 1.81. The lowest BCUT2D eigenvalue weighted by molar-refractivity contribution is 0.139. The third-order valence-electron chi connectivity index (χ3n) is 3.35. The molecule has 0 atom stereocenters. The van der Waals surface area contributed by atoms with Crippen LogP contribution in [-0.2, 0) is 4.74 Å². The summed E-state index contributed by atoms with van der Waals surface area (Å²) in [6.45, 7) is 5.09. The molecule has 94 valence electrons. The average molecular weight is 299 g/mol. The minimum Gasteiger partial charge on any atom is -0.384 e. The Hall–Kier alpha value is -0.610. The molecule has 1 aromatic rings. The quantitative estimate of drug-likeness (QED) is 0.858. The Morgan fingerprint density at radius 2 is 2.12 bits per heavy atom. The van der Waals surface area contributed by atoms with Gasteiger partial charge >= 0.3 is 0 Å². The van der Waals surface area contributed by atoms with E-state index in [4.69, 9.17) is 4.74 Å². The lowest BCUT2D eigenvalue weighted by Gasteiger charge is -2.32. The van der Waals surface area contributed by atoms with Gasteiger partial charge in [0.05, 0.1) is 5.69 Å². The molecule has 2 heterocycles. The molecule has 0 aromatic carbocycles. The molecule has 0 saturated carbocycles. The van der Waals surface area contributed by atoms with Gasteiger partial charge in [-0.15, -0.1) is 0 Å². The van der Waals surface area contributed by atoms with Crippen LogP contribution in [0.25, 0.3) is 0 Å². The third-order valence-corrected chi connectivity index (χ3v) is 4.19. The summed E-state index contributed by atoms with van der Waals surface area (Å²) in [4.78, 5) is 6.98. The van der Waals surface area contributed by atoms with Crippen LogP contribution < -0.4 is 4.90 Å². The van der Waals surface area contributed by atoms with Crippen molar-refractivity contribution in [2.24, 2.45) is 5.92 Å². The van der Waals surface area contributed by atoms with Crippen LogP contribution in [0.15, 0.2) is 16.6 Å². The van der Waals surface area contributed by atoms with Crippen molar-refractivity contribution in [2.75, 3.05) is 31.7 Å². The van der Waals surface area contributed by atoms with Gasteiger partial charge in [-0.25, -0.2) is 4.98 Å². The maximum atomic E-state index is 5.22. The normalized spacial score (nSPS) is 17.5. The molecule has 17 heavy (non-hydrogen) atoms. The average Bonchev–Trinajstić information content (AvgIpc) is 2.34. The van der Waals surface area contributed by atoms with Gasteiger partial charge < -0.3 is 9.64 Å². The summed E-state index contributed by atoms with van der Waals surface area (Å²) in [6, 6.07) is 4.17. The topological polar surface area (TPSA) is 25.4 Å². The van der Waals surface area contributed by atoms with Gasteiger partial charge in [0, 0.05) is 31.3 Å². The number of anilines is 1. The number of aryl methyl sites for hydroxylation is 1. The SMILES string of the molecule is COCC1CCN(c2ccc(Br)c(C)n2)CC1. The molecule has 1 saturated heterocycles. The minimum atomic E-state index is 0.716. The fraction of sp³-hybridized carbons (Fsp3) is 0.615. The highest BCUT2D eigenvalue weighted by Gasteiger charge is 2.20. The Morgan fingerprint density at radius 1 is 1.41 bits per heavy atom. The zero-order chi connectivity index (χ0) is 12.3. The van der Waals surface area contributed by atoms with Crippen LogP contribution in [-0.4, -0.2) is 31.8 Å². The molecule has 2 rings (SSSR count). The van der Waals surface area contributed by atoms with E-state index in [-0.39, 0.29) is 0 Å². The van der Waals surface area contributed by atoms with Gasteiger partial charge in [0.25, 0.3) is 0 Å². The number of piperidine rings is 1. The number of hydrogen-bond acceptors (Lipinski definition) is 3. The van der Waals surface area contributed by atoms with E-state index in [0.29, 0.717) is 5.92 Å². The minimum absolute atomic E-state index is 0.716. The maximum absolute atomic E-state index is 5.22. The van der Waals surface area contributed by atoms with Crippen LogP contribution in [0.4, 0.5) is 5.82 Å². The fourth-order valence-electron chi connectivity index (χ4n) is 2.27. The summed E-state index contributed by atoms with van der Waals surface area (Å²) in [5.41, 5.74) is 1.06. The lowest BCUT2D eigenvalue weighted by atomic mass is 9.98. The first-order chi connectivity index (χ1) is 8.20. The van der Waals surface area contributed by atoms with Crippen LogP contribution in [0.3, 0.4) is 0 Å². The molecule has 0 bridgehead atoms. The van der Waals surface area contributed by atoms with E-state index < -0.39 is 0 Å². The number of aromatic nitrogens is 1. The molecule has 1 aliphatic rings. The van der Waals surface area contributed by atoms with Crippen molar-refractivity contribution in [3.8, 4) is 0 Å². The Labute approximate surface area is 111 Å². The molecule has 4 heteroatoms. The predicted octanol–water partition coefficient (Wildman–Crippen LogP) is 3.02. The summed E-state index contributed by atoms with van der Waals surface area (Å²) in [5, 5.41) is 0. The van der Waals surface area contributed by atoms with Crippen LogP contribution in [0, 0.1) is 12.8 Å². The standard InChI is InChI=1S/C13H19BrN2O/c1-10-12(14)3-4-13(15-10)16-7-5-11(6-8-16)9-17-2/h3-4,11H,5-9H2,1-2H3. The zero-order valence-electron chi connectivity index (χ0n) is 10.4. The Bertz CT molecular complexity index is 376. The van der Waals surface area contributed by atoms with Crippen molar-refractivity contribution in [3.05, 3.63) is 22.3 Å². The number of methoxy groups -OCH3 is 1. The first-order valence-electron chi connectivity index (χ1n) is 6.07. The number of hydrogen-bond donors (Lipinski definition) is 0. The summed E-state index contributed by atoms with van der Waals surface area (Å²) >= 11 is 3.49. The molecule has 1 aromatic heterocycles. The van der Waals surface area contributed by atoms with Gasteiger partial charge in [-0.05, 0) is 53.7 Å². The van der Waals surface area contributed by atoms with Crippen LogP contribution in [0.5, 0.6) is 0 Å². The van der Waals surface area contributed by atoms with E-state index >= 15 is 0 Å². The van der Waals surface area contributed by atoms with Crippen LogP contribution in [0.2, 0.25) is 0 Å². The molecular formula is C13H19BrN2O. The van der Waals surface area contributed by atoms with E-state index in [1.807, 2.05) is 6.92 Å². The van der Waals surface area contributed by atoms with Crippen LogP contribution >= 0.6 is 15.9 Å². The number of pyridine rings is 1. The lowest BCUT2D eigenvalue weighted by Crippen LogP contribution is -2.35. The zero-order valence-corrected chi connectivity index (χ0v) is 12.0. The molecule has 1 aliphatic heterocycles. The molecule has 0 spiro atoms. The van der Waals surface area contributed by atoms with Crippen molar-refractivity contribution < 1.29 is 4.74 Å². The van der Waals surface area contributed by atoms with Gasteiger partial charge in [0.1, 0.15) is 5.82 Å². The second kappa shape index (κ2) is 5.83. The highest BCUT2D eigenvalue weighted by Crippen LogP contribution is 2.24. The smallest absolute Gasteiger partial charge is 0.128 e. The van der Waals surface area contributed by atoms with E-state index in [2.05, 4.69) is 37.9 Å². The molecule has 0 amide bonds.